The third-order valence-electron chi connectivity index (χ3n) is 6.65. The molecule has 6 heteroatoms. The van der Waals surface area contributed by atoms with Crippen LogP contribution < -0.4 is 5.01 Å². The van der Waals surface area contributed by atoms with Crippen molar-refractivity contribution in [3.05, 3.63) is 144 Å². The second-order valence-corrected chi connectivity index (χ2v) is 9.19. The van der Waals surface area contributed by atoms with Gasteiger partial charge in [0.2, 0.25) is 0 Å². The van der Waals surface area contributed by atoms with Gasteiger partial charge in [0.15, 0.2) is 5.76 Å². The number of carbonyl (C=O) groups excluding carboxylic acids is 1. The Hall–Kier alpha value is -5.49. The molecule has 0 atom stereocenters. The van der Waals surface area contributed by atoms with Crippen molar-refractivity contribution in [2.75, 3.05) is 5.01 Å². The van der Waals surface area contributed by atoms with Gasteiger partial charge in [0, 0.05) is 22.7 Å². The highest BCUT2D eigenvalue weighted by atomic mass is 16.3. The van der Waals surface area contributed by atoms with E-state index < -0.39 is 0 Å². The summed E-state index contributed by atoms with van der Waals surface area (Å²) in [6.07, 6.45) is 3.79. The monoisotopic (exact) mass is 506 g/mol. The summed E-state index contributed by atoms with van der Waals surface area (Å²) in [5.74, 6) is 0.421. The maximum atomic E-state index is 13.9. The van der Waals surface area contributed by atoms with Crippen molar-refractivity contribution in [3.63, 3.8) is 0 Å². The van der Waals surface area contributed by atoms with Gasteiger partial charge in [-0.2, -0.15) is 15.2 Å². The average molecular weight is 507 g/mol. The van der Waals surface area contributed by atoms with E-state index in [1.165, 1.54) is 5.01 Å². The van der Waals surface area contributed by atoms with Crippen LogP contribution in [-0.4, -0.2) is 21.4 Å². The molecule has 3 heterocycles. The van der Waals surface area contributed by atoms with Crippen LogP contribution >= 0.6 is 0 Å². The van der Waals surface area contributed by atoms with Crippen molar-refractivity contribution >= 4 is 34.4 Å². The first-order chi connectivity index (χ1) is 19.2. The predicted molar refractivity (Wildman–Crippen MR) is 154 cm³/mol. The highest BCUT2D eigenvalue weighted by molar-refractivity contribution is 6.37. The first-order valence-electron chi connectivity index (χ1n) is 12.6. The smallest absolute Gasteiger partial charge is 0.281 e. The Morgan fingerprint density at radius 2 is 1.36 bits per heavy atom. The molecule has 0 bridgehead atoms. The summed E-state index contributed by atoms with van der Waals surface area (Å²) in [6.45, 7) is 0. The molecule has 186 valence electrons. The molecule has 1 aliphatic rings. The Morgan fingerprint density at radius 1 is 0.718 bits per heavy atom. The molecule has 7 rings (SSSR count). The molecular formula is C33H22N4O2. The number of amides is 1. The van der Waals surface area contributed by atoms with Gasteiger partial charge in [-0.25, -0.2) is 4.68 Å². The Morgan fingerprint density at radius 3 is 2.08 bits per heavy atom. The molecule has 0 radical (unpaired) electrons. The number of anilines is 1. The average Bonchev–Trinajstić information content (AvgIpc) is 3.70. The zero-order valence-corrected chi connectivity index (χ0v) is 20.8. The lowest BCUT2D eigenvalue weighted by molar-refractivity contribution is -0.114. The van der Waals surface area contributed by atoms with Crippen LogP contribution in [0, 0.1) is 0 Å². The lowest BCUT2D eigenvalue weighted by Crippen LogP contribution is -2.21. The maximum Gasteiger partial charge on any atom is 0.281 e. The molecule has 0 spiro atoms. The summed E-state index contributed by atoms with van der Waals surface area (Å²) in [6, 6.07) is 38.9. The molecular weight excluding hydrogens is 484 g/mol. The zero-order valence-electron chi connectivity index (χ0n) is 20.8. The normalized spacial score (nSPS) is 14.4. The van der Waals surface area contributed by atoms with Crippen molar-refractivity contribution in [2.24, 2.45) is 5.10 Å². The van der Waals surface area contributed by atoms with E-state index in [9.17, 15) is 4.79 Å². The van der Waals surface area contributed by atoms with Crippen molar-refractivity contribution in [1.82, 2.24) is 9.78 Å². The lowest BCUT2D eigenvalue weighted by atomic mass is 10.00. The number of hydrazone groups is 1. The molecule has 0 aliphatic carbocycles. The van der Waals surface area contributed by atoms with E-state index in [1.54, 1.807) is 0 Å². The SMILES string of the molecule is O=C1/C(=C\c2cn(-c3ccccc3)nc2-c2cc3ccccc3o2)C(c2ccccc2)=NN1c1ccccc1. The van der Waals surface area contributed by atoms with Crippen LogP contribution in [0.1, 0.15) is 11.1 Å². The first kappa shape index (κ1) is 22.7. The van der Waals surface area contributed by atoms with Crippen molar-refractivity contribution in [3.8, 4) is 17.1 Å². The van der Waals surface area contributed by atoms with Gasteiger partial charge in [-0.05, 0) is 42.5 Å². The third kappa shape index (κ3) is 4.14. The van der Waals surface area contributed by atoms with Gasteiger partial charge in [-0.1, -0.05) is 84.9 Å². The first-order valence-corrected chi connectivity index (χ1v) is 12.6. The number of fused-ring (bicyclic) bond motifs is 1. The summed E-state index contributed by atoms with van der Waals surface area (Å²) in [7, 11) is 0. The molecule has 0 N–H and O–H groups in total. The molecule has 2 aromatic heterocycles. The Labute approximate surface area is 224 Å². The summed E-state index contributed by atoms with van der Waals surface area (Å²) in [5.41, 5.74) is 5.72. The Bertz CT molecular complexity index is 1830. The molecule has 4 aromatic carbocycles. The number of nitrogens with zero attached hydrogens (tertiary/aromatic N) is 4. The molecule has 0 saturated carbocycles. The molecule has 39 heavy (non-hydrogen) atoms. The van der Waals surface area contributed by atoms with E-state index in [0.717, 1.165) is 27.8 Å². The van der Waals surface area contributed by atoms with Gasteiger partial charge < -0.3 is 4.42 Å². The lowest BCUT2D eigenvalue weighted by Gasteiger charge is -2.10. The molecule has 0 unspecified atom stereocenters. The van der Waals surface area contributed by atoms with Crippen LogP contribution in [0.5, 0.6) is 0 Å². The molecule has 0 fully saturated rings. The Kier molecular flexibility index (Phi) is 5.49. The fraction of sp³-hybridized carbons (Fsp3) is 0. The number of furan rings is 1. The van der Waals surface area contributed by atoms with E-state index in [0.29, 0.717) is 28.4 Å². The van der Waals surface area contributed by atoms with Gasteiger partial charge in [-0.15, -0.1) is 0 Å². The predicted octanol–water partition coefficient (Wildman–Crippen LogP) is 7.12. The standard InChI is InChI=1S/C33H22N4O2/c38-33-28(31(23-12-4-1-5-13-23)35-37(33)27-17-8-3-9-18-27)20-25-22-36(26-15-6-2-7-16-26)34-32(25)30-21-24-14-10-11-19-29(24)39-30/h1-22H/b28-20-. The molecule has 6 nitrogen and oxygen atoms in total. The van der Waals surface area contributed by atoms with Crippen LogP contribution in [0.25, 0.3) is 34.2 Å². The minimum atomic E-state index is -0.205. The van der Waals surface area contributed by atoms with Gasteiger partial charge in [0.1, 0.15) is 17.0 Å². The molecule has 6 aromatic rings. The van der Waals surface area contributed by atoms with E-state index in [-0.39, 0.29) is 5.91 Å². The van der Waals surface area contributed by atoms with Gasteiger partial charge in [0.05, 0.1) is 16.9 Å². The molecule has 1 amide bonds. The zero-order chi connectivity index (χ0) is 26.2. The van der Waals surface area contributed by atoms with Crippen molar-refractivity contribution in [1.29, 1.82) is 0 Å². The van der Waals surface area contributed by atoms with Crippen LogP contribution in [-0.2, 0) is 4.79 Å². The maximum absolute atomic E-state index is 13.9. The molecule has 0 saturated heterocycles. The summed E-state index contributed by atoms with van der Waals surface area (Å²) >= 11 is 0. The minimum absolute atomic E-state index is 0.205. The van der Waals surface area contributed by atoms with Gasteiger partial charge >= 0.3 is 0 Å². The second kappa shape index (κ2) is 9.43. The largest absolute Gasteiger partial charge is 0.454 e. The number of aromatic nitrogens is 2. The highest BCUT2D eigenvalue weighted by Crippen LogP contribution is 2.33. The number of hydrogen-bond acceptors (Lipinski definition) is 4. The topological polar surface area (TPSA) is 63.6 Å². The fourth-order valence-corrected chi connectivity index (χ4v) is 4.75. The third-order valence-corrected chi connectivity index (χ3v) is 6.65. The van der Waals surface area contributed by atoms with Crippen LogP contribution in [0.3, 0.4) is 0 Å². The summed E-state index contributed by atoms with van der Waals surface area (Å²) in [4.78, 5) is 13.9. The van der Waals surface area contributed by atoms with Gasteiger partial charge in [0.25, 0.3) is 5.91 Å². The van der Waals surface area contributed by atoms with Crippen molar-refractivity contribution < 1.29 is 9.21 Å². The Balaban J connectivity index is 1.41. The van der Waals surface area contributed by atoms with E-state index in [1.807, 2.05) is 138 Å². The van der Waals surface area contributed by atoms with E-state index >= 15 is 0 Å². The fourth-order valence-electron chi connectivity index (χ4n) is 4.75. The number of hydrogen-bond donors (Lipinski definition) is 0. The van der Waals surface area contributed by atoms with Crippen molar-refractivity contribution in [2.45, 2.75) is 0 Å². The molecule has 1 aliphatic heterocycles. The quantitative estimate of drug-likeness (QED) is 0.234. The highest BCUT2D eigenvalue weighted by Gasteiger charge is 2.32. The minimum Gasteiger partial charge on any atom is -0.454 e. The second-order valence-electron chi connectivity index (χ2n) is 9.19. The number of para-hydroxylation sites is 3. The van der Waals surface area contributed by atoms with Crippen LogP contribution in [0.2, 0.25) is 0 Å². The van der Waals surface area contributed by atoms with Gasteiger partial charge in [-0.3, -0.25) is 4.79 Å². The van der Waals surface area contributed by atoms with Crippen LogP contribution in [0.4, 0.5) is 5.69 Å². The van der Waals surface area contributed by atoms with E-state index in [4.69, 9.17) is 14.6 Å². The van der Waals surface area contributed by atoms with E-state index in [2.05, 4.69) is 0 Å². The summed E-state index contributed by atoms with van der Waals surface area (Å²) in [5, 5.41) is 12.1. The number of carbonyl (C=O) groups is 1. The summed E-state index contributed by atoms with van der Waals surface area (Å²) < 4.78 is 8.01. The number of rotatable bonds is 5. The number of benzene rings is 4. The van der Waals surface area contributed by atoms with Crippen LogP contribution in [0.15, 0.2) is 143 Å².